The molecule has 0 spiro atoms. The van der Waals surface area contributed by atoms with Crippen molar-refractivity contribution in [3.8, 4) is 0 Å². The molecule has 3 nitrogen and oxygen atoms in total. The van der Waals surface area contributed by atoms with Crippen LogP contribution >= 0.6 is 0 Å². The van der Waals surface area contributed by atoms with Gasteiger partial charge in [-0.25, -0.2) is 0 Å². The number of anilines is 1. The average Bonchev–Trinajstić information content (AvgIpc) is 2.31. The Bertz CT molecular complexity index is 359. The van der Waals surface area contributed by atoms with Crippen LogP contribution in [0.1, 0.15) is 31.2 Å². The smallest absolute Gasteiger partial charge is 0.0342 e. The van der Waals surface area contributed by atoms with E-state index in [0.717, 1.165) is 13.0 Å². The summed E-state index contributed by atoms with van der Waals surface area (Å²) in [7, 11) is 4.19. The first-order chi connectivity index (χ1) is 8.63. The van der Waals surface area contributed by atoms with E-state index in [-0.39, 0.29) is 0 Å². The van der Waals surface area contributed by atoms with Crippen molar-refractivity contribution in [2.24, 2.45) is 5.73 Å². The lowest BCUT2D eigenvalue weighted by Crippen LogP contribution is -2.34. The Kier molecular flexibility index (Phi) is 4.61. The Morgan fingerprint density at radius 1 is 1.22 bits per heavy atom. The van der Waals surface area contributed by atoms with Gasteiger partial charge in [0.25, 0.3) is 0 Å². The molecule has 2 rings (SSSR count). The predicted octanol–water partition coefficient (Wildman–Crippen LogP) is 2.43. The maximum atomic E-state index is 6.01. The molecule has 1 aromatic rings. The van der Waals surface area contributed by atoms with E-state index in [0.29, 0.717) is 12.1 Å². The lowest BCUT2D eigenvalue weighted by molar-refractivity contribution is 0.402. The monoisotopic (exact) mass is 247 g/mol. The molecule has 1 aromatic carbocycles. The van der Waals surface area contributed by atoms with Crippen LogP contribution in [0.5, 0.6) is 0 Å². The molecule has 1 aliphatic rings. The van der Waals surface area contributed by atoms with Crippen molar-refractivity contribution in [1.29, 1.82) is 0 Å². The minimum atomic E-state index is 0.379. The SMILES string of the molecule is CN(C)Cc1ccc(NC2CCCC(N)C2)cc1. The van der Waals surface area contributed by atoms with Crippen molar-refractivity contribution in [3.05, 3.63) is 29.8 Å². The summed E-state index contributed by atoms with van der Waals surface area (Å²) in [5.41, 5.74) is 8.58. The van der Waals surface area contributed by atoms with Crippen LogP contribution in [-0.4, -0.2) is 31.1 Å². The summed E-state index contributed by atoms with van der Waals surface area (Å²) >= 11 is 0. The first-order valence-electron chi connectivity index (χ1n) is 6.89. The molecular formula is C15H25N3. The van der Waals surface area contributed by atoms with Gasteiger partial charge in [-0.2, -0.15) is 0 Å². The van der Waals surface area contributed by atoms with Crippen LogP contribution in [-0.2, 0) is 6.54 Å². The molecule has 100 valence electrons. The molecule has 3 heteroatoms. The van der Waals surface area contributed by atoms with E-state index in [9.17, 15) is 0 Å². The molecule has 0 aromatic heterocycles. The van der Waals surface area contributed by atoms with Crippen molar-refractivity contribution in [2.75, 3.05) is 19.4 Å². The molecule has 2 unspecified atom stereocenters. The molecule has 18 heavy (non-hydrogen) atoms. The third-order valence-corrected chi connectivity index (χ3v) is 3.54. The van der Waals surface area contributed by atoms with Crippen molar-refractivity contribution < 1.29 is 0 Å². The van der Waals surface area contributed by atoms with Crippen LogP contribution in [0.4, 0.5) is 5.69 Å². The minimum absolute atomic E-state index is 0.379. The van der Waals surface area contributed by atoms with Crippen molar-refractivity contribution in [2.45, 2.75) is 44.3 Å². The molecule has 0 saturated heterocycles. The zero-order valence-electron chi connectivity index (χ0n) is 11.5. The van der Waals surface area contributed by atoms with Gasteiger partial charge in [-0.3, -0.25) is 0 Å². The van der Waals surface area contributed by atoms with Gasteiger partial charge in [0, 0.05) is 24.3 Å². The Hall–Kier alpha value is -1.06. The van der Waals surface area contributed by atoms with Gasteiger partial charge in [0.05, 0.1) is 0 Å². The number of benzene rings is 1. The van der Waals surface area contributed by atoms with Gasteiger partial charge >= 0.3 is 0 Å². The van der Waals surface area contributed by atoms with Crippen LogP contribution in [0.15, 0.2) is 24.3 Å². The van der Waals surface area contributed by atoms with E-state index in [1.165, 1.54) is 30.5 Å². The molecular weight excluding hydrogens is 222 g/mol. The highest BCUT2D eigenvalue weighted by atomic mass is 15.0. The number of nitrogens with one attached hydrogen (secondary N) is 1. The van der Waals surface area contributed by atoms with Crippen LogP contribution in [0.2, 0.25) is 0 Å². The van der Waals surface area contributed by atoms with Gasteiger partial charge in [-0.15, -0.1) is 0 Å². The second kappa shape index (κ2) is 6.21. The van der Waals surface area contributed by atoms with Gasteiger partial charge in [0.15, 0.2) is 0 Å². The lowest BCUT2D eigenvalue weighted by atomic mass is 9.91. The largest absolute Gasteiger partial charge is 0.382 e. The normalized spacial score (nSPS) is 24.2. The Balaban J connectivity index is 1.89. The Morgan fingerprint density at radius 2 is 1.94 bits per heavy atom. The number of hydrogen-bond acceptors (Lipinski definition) is 3. The first kappa shape index (κ1) is 13.4. The topological polar surface area (TPSA) is 41.3 Å². The minimum Gasteiger partial charge on any atom is -0.382 e. The molecule has 2 atom stereocenters. The molecule has 0 aliphatic heterocycles. The van der Waals surface area contributed by atoms with Gasteiger partial charge in [0.1, 0.15) is 0 Å². The quantitative estimate of drug-likeness (QED) is 0.858. The third kappa shape index (κ3) is 4.00. The first-order valence-corrected chi connectivity index (χ1v) is 6.89. The van der Waals surface area contributed by atoms with E-state index in [1.807, 2.05) is 0 Å². The van der Waals surface area contributed by atoms with Gasteiger partial charge < -0.3 is 16.0 Å². The van der Waals surface area contributed by atoms with E-state index in [4.69, 9.17) is 5.73 Å². The predicted molar refractivity (Wildman–Crippen MR) is 77.7 cm³/mol. The Labute approximate surface area is 110 Å². The number of hydrogen-bond donors (Lipinski definition) is 2. The number of rotatable bonds is 4. The molecule has 1 fully saturated rings. The average molecular weight is 247 g/mol. The number of nitrogens with zero attached hydrogens (tertiary/aromatic N) is 1. The second-order valence-corrected chi connectivity index (χ2v) is 5.70. The molecule has 0 radical (unpaired) electrons. The van der Waals surface area contributed by atoms with Crippen molar-refractivity contribution in [1.82, 2.24) is 4.90 Å². The fourth-order valence-corrected chi connectivity index (χ4v) is 2.67. The maximum absolute atomic E-state index is 6.01. The zero-order valence-corrected chi connectivity index (χ0v) is 11.5. The summed E-state index contributed by atoms with van der Waals surface area (Å²) < 4.78 is 0. The van der Waals surface area contributed by atoms with E-state index >= 15 is 0 Å². The number of nitrogens with two attached hydrogens (primary N) is 1. The van der Waals surface area contributed by atoms with Gasteiger partial charge in [-0.1, -0.05) is 12.1 Å². The summed E-state index contributed by atoms with van der Waals surface area (Å²) in [6, 6.07) is 9.69. The fraction of sp³-hybridized carbons (Fsp3) is 0.600. The molecule has 0 bridgehead atoms. The Morgan fingerprint density at radius 3 is 2.56 bits per heavy atom. The summed E-state index contributed by atoms with van der Waals surface area (Å²) in [4.78, 5) is 2.18. The molecule has 1 saturated carbocycles. The van der Waals surface area contributed by atoms with Crippen LogP contribution in [0.25, 0.3) is 0 Å². The highest BCUT2D eigenvalue weighted by Gasteiger charge is 2.18. The van der Waals surface area contributed by atoms with E-state index in [2.05, 4.69) is 48.6 Å². The van der Waals surface area contributed by atoms with Crippen LogP contribution in [0, 0.1) is 0 Å². The second-order valence-electron chi connectivity index (χ2n) is 5.70. The standard InChI is InChI=1S/C15H25N3/c1-18(2)11-12-6-8-14(9-7-12)17-15-5-3-4-13(16)10-15/h6-9,13,15,17H,3-5,10-11,16H2,1-2H3. The summed E-state index contributed by atoms with van der Waals surface area (Å²) in [6.07, 6.45) is 4.77. The highest BCUT2D eigenvalue weighted by molar-refractivity contribution is 5.45. The molecule has 0 amide bonds. The van der Waals surface area contributed by atoms with Crippen molar-refractivity contribution >= 4 is 5.69 Å². The zero-order chi connectivity index (χ0) is 13.0. The summed E-state index contributed by atoms with van der Waals surface area (Å²) in [5, 5.41) is 3.60. The summed E-state index contributed by atoms with van der Waals surface area (Å²) in [5.74, 6) is 0. The lowest BCUT2D eigenvalue weighted by Gasteiger charge is -2.28. The summed E-state index contributed by atoms with van der Waals surface area (Å²) in [6.45, 7) is 0.995. The fourth-order valence-electron chi connectivity index (χ4n) is 2.67. The van der Waals surface area contributed by atoms with E-state index < -0.39 is 0 Å². The van der Waals surface area contributed by atoms with Crippen molar-refractivity contribution in [3.63, 3.8) is 0 Å². The van der Waals surface area contributed by atoms with Gasteiger partial charge in [-0.05, 0) is 57.5 Å². The van der Waals surface area contributed by atoms with Gasteiger partial charge in [0.2, 0.25) is 0 Å². The highest BCUT2D eigenvalue weighted by Crippen LogP contribution is 2.21. The van der Waals surface area contributed by atoms with Crippen LogP contribution in [0.3, 0.4) is 0 Å². The van der Waals surface area contributed by atoms with Crippen LogP contribution < -0.4 is 11.1 Å². The van der Waals surface area contributed by atoms with E-state index in [1.54, 1.807) is 0 Å². The molecule has 1 aliphatic carbocycles. The third-order valence-electron chi connectivity index (χ3n) is 3.54. The molecule has 0 heterocycles. The maximum Gasteiger partial charge on any atom is 0.0342 e. The molecule has 3 N–H and O–H groups in total.